The molecule has 1 aromatic carbocycles. The van der Waals surface area contributed by atoms with Gasteiger partial charge in [0.2, 0.25) is 5.91 Å². The summed E-state index contributed by atoms with van der Waals surface area (Å²) in [6, 6.07) is 7.62. The molecule has 1 saturated carbocycles. The maximum absolute atomic E-state index is 12.5. The van der Waals surface area contributed by atoms with Gasteiger partial charge in [-0.25, -0.2) is 0 Å². The van der Waals surface area contributed by atoms with Gasteiger partial charge < -0.3 is 15.4 Å². The minimum Gasteiger partial charge on any atom is -0.497 e. The number of hydrogen-bond acceptors (Lipinski definition) is 3. The van der Waals surface area contributed by atoms with Gasteiger partial charge in [0.25, 0.3) is 0 Å². The molecule has 0 aromatic heterocycles. The number of benzene rings is 1. The summed E-state index contributed by atoms with van der Waals surface area (Å²) in [5.74, 6) is 1.71. The van der Waals surface area contributed by atoms with E-state index in [1.807, 2.05) is 31.3 Å². The van der Waals surface area contributed by atoms with E-state index in [4.69, 9.17) is 10.5 Å². The van der Waals surface area contributed by atoms with E-state index in [-0.39, 0.29) is 11.8 Å². The molecule has 1 aliphatic carbocycles. The van der Waals surface area contributed by atoms with Crippen molar-refractivity contribution in [2.45, 2.75) is 25.7 Å². The van der Waals surface area contributed by atoms with Crippen molar-refractivity contribution < 1.29 is 9.53 Å². The molecule has 0 radical (unpaired) electrons. The van der Waals surface area contributed by atoms with Gasteiger partial charge in [-0.15, -0.1) is 0 Å². The lowest BCUT2D eigenvalue weighted by Crippen LogP contribution is -2.35. The second-order valence-corrected chi connectivity index (χ2v) is 5.55. The number of carbonyl (C=O) groups excluding carboxylic acids is 1. The van der Waals surface area contributed by atoms with Crippen LogP contribution in [0.4, 0.5) is 5.69 Å². The summed E-state index contributed by atoms with van der Waals surface area (Å²) in [5.41, 5.74) is 6.58. The summed E-state index contributed by atoms with van der Waals surface area (Å²) in [6.07, 6.45) is 4.04. The lowest BCUT2D eigenvalue weighted by atomic mass is 9.81. The van der Waals surface area contributed by atoms with E-state index in [1.54, 1.807) is 12.0 Å². The number of nitrogens with two attached hydrogens (primary N) is 1. The first kappa shape index (κ1) is 14.9. The van der Waals surface area contributed by atoms with Crippen LogP contribution in [-0.4, -0.2) is 26.6 Å². The third-order valence-electron chi connectivity index (χ3n) is 4.30. The van der Waals surface area contributed by atoms with E-state index in [0.717, 1.165) is 43.7 Å². The molecule has 0 atom stereocenters. The van der Waals surface area contributed by atoms with Crippen molar-refractivity contribution >= 4 is 11.6 Å². The molecular weight excluding hydrogens is 252 g/mol. The number of amides is 1. The number of nitrogens with zero attached hydrogens (tertiary/aromatic N) is 1. The molecule has 1 aliphatic rings. The van der Waals surface area contributed by atoms with Crippen molar-refractivity contribution in [1.29, 1.82) is 0 Å². The van der Waals surface area contributed by atoms with E-state index in [9.17, 15) is 4.79 Å². The number of rotatable bonds is 4. The summed E-state index contributed by atoms with van der Waals surface area (Å²) in [5, 5.41) is 0. The highest BCUT2D eigenvalue weighted by Gasteiger charge is 2.28. The summed E-state index contributed by atoms with van der Waals surface area (Å²) in [6.45, 7) is 0.743. The normalized spacial score (nSPS) is 22.4. The van der Waals surface area contributed by atoms with Gasteiger partial charge in [0.05, 0.1) is 7.11 Å². The molecule has 2 rings (SSSR count). The Labute approximate surface area is 120 Å². The molecule has 20 heavy (non-hydrogen) atoms. The van der Waals surface area contributed by atoms with Crippen molar-refractivity contribution in [3.63, 3.8) is 0 Å². The van der Waals surface area contributed by atoms with Crippen LogP contribution in [-0.2, 0) is 4.79 Å². The van der Waals surface area contributed by atoms with Crippen molar-refractivity contribution in [2.75, 3.05) is 25.6 Å². The van der Waals surface area contributed by atoms with Gasteiger partial charge in [-0.2, -0.15) is 0 Å². The third-order valence-corrected chi connectivity index (χ3v) is 4.30. The van der Waals surface area contributed by atoms with Gasteiger partial charge in [-0.05, 0) is 50.3 Å². The Kier molecular flexibility index (Phi) is 5.01. The Morgan fingerprint density at radius 3 is 2.65 bits per heavy atom. The van der Waals surface area contributed by atoms with Gasteiger partial charge in [0.15, 0.2) is 0 Å². The molecule has 4 nitrogen and oxygen atoms in total. The average Bonchev–Trinajstić information content (AvgIpc) is 2.53. The van der Waals surface area contributed by atoms with Crippen LogP contribution in [0.25, 0.3) is 0 Å². The summed E-state index contributed by atoms with van der Waals surface area (Å²) >= 11 is 0. The first-order chi connectivity index (χ1) is 9.65. The van der Waals surface area contributed by atoms with Gasteiger partial charge in [-0.3, -0.25) is 4.79 Å². The van der Waals surface area contributed by atoms with Crippen LogP contribution in [0.5, 0.6) is 5.75 Å². The minimum atomic E-state index is 0.133. The number of hydrogen-bond donors (Lipinski definition) is 1. The molecule has 0 bridgehead atoms. The number of anilines is 1. The molecular formula is C16H24N2O2. The van der Waals surface area contributed by atoms with E-state index in [2.05, 4.69) is 0 Å². The number of carbonyl (C=O) groups is 1. The van der Waals surface area contributed by atoms with Crippen LogP contribution in [0.1, 0.15) is 25.7 Å². The molecule has 2 N–H and O–H groups in total. The fourth-order valence-corrected chi connectivity index (χ4v) is 2.87. The topological polar surface area (TPSA) is 55.6 Å². The van der Waals surface area contributed by atoms with Gasteiger partial charge >= 0.3 is 0 Å². The van der Waals surface area contributed by atoms with Crippen molar-refractivity contribution in [1.82, 2.24) is 0 Å². The Hall–Kier alpha value is -1.55. The molecule has 110 valence electrons. The van der Waals surface area contributed by atoms with Crippen LogP contribution in [0, 0.1) is 11.8 Å². The van der Waals surface area contributed by atoms with Crippen LogP contribution in [0.2, 0.25) is 0 Å². The van der Waals surface area contributed by atoms with E-state index in [0.29, 0.717) is 5.92 Å². The van der Waals surface area contributed by atoms with Crippen LogP contribution in [0.3, 0.4) is 0 Å². The maximum atomic E-state index is 12.5. The van der Waals surface area contributed by atoms with Gasteiger partial charge in [0, 0.05) is 24.7 Å². The van der Waals surface area contributed by atoms with Crippen molar-refractivity contribution in [3.05, 3.63) is 24.3 Å². The highest BCUT2D eigenvalue weighted by Crippen LogP contribution is 2.31. The van der Waals surface area contributed by atoms with Crippen molar-refractivity contribution in [3.8, 4) is 5.75 Å². The summed E-state index contributed by atoms with van der Waals surface area (Å²) in [4.78, 5) is 14.3. The lowest BCUT2D eigenvalue weighted by Gasteiger charge is -2.30. The Morgan fingerprint density at radius 1 is 1.35 bits per heavy atom. The van der Waals surface area contributed by atoms with Crippen LogP contribution in [0.15, 0.2) is 24.3 Å². The third kappa shape index (κ3) is 3.31. The largest absolute Gasteiger partial charge is 0.497 e. The zero-order valence-electron chi connectivity index (χ0n) is 12.3. The standard InChI is InChI=1S/C16H24N2O2/c1-18(14-4-3-5-15(10-14)20-2)16(19)13-8-6-12(11-17)7-9-13/h3-5,10,12-13H,6-9,11,17H2,1-2H3. The van der Waals surface area contributed by atoms with E-state index < -0.39 is 0 Å². The Bertz CT molecular complexity index is 454. The zero-order valence-corrected chi connectivity index (χ0v) is 12.3. The fraction of sp³-hybridized carbons (Fsp3) is 0.562. The molecule has 0 saturated heterocycles. The highest BCUT2D eigenvalue weighted by atomic mass is 16.5. The van der Waals surface area contributed by atoms with Crippen molar-refractivity contribution in [2.24, 2.45) is 17.6 Å². The average molecular weight is 276 g/mol. The van der Waals surface area contributed by atoms with Crippen LogP contribution >= 0.6 is 0 Å². The summed E-state index contributed by atoms with van der Waals surface area (Å²) in [7, 11) is 3.47. The number of methoxy groups -OCH3 is 1. The van der Waals surface area contributed by atoms with Gasteiger partial charge in [0.1, 0.15) is 5.75 Å². The minimum absolute atomic E-state index is 0.133. The van der Waals surface area contributed by atoms with E-state index in [1.165, 1.54) is 0 Å². The SMILES string of the molecule is COc1cccc(N(C)C(=O)C2CCC(CN)CC2)c1. The molecule has 0 aliphatic heterocycles. The highest BCUT2D eigenvalue weighted by molar-refractivity contribution is 5.94. The molecule has 4 heteroatoms. The predicted molar refractivity (Wildman–Crippen MR) is 80.9 cm³/mol. The second kappa shape index (κ2) is 6.75. The number of ether oxygens (including phenoxy) is 1. The molecule has 0 unspecified atom stereocenters. The fourth-order valence-electron chi connectivity index (χ4n) is 2.87. The predicted octanol–water partition coefficient (Wildman–Crippen LogP) is 2.42. The monoisotopic (exact) mass is 276 g/mol. The molecule has 0 heterocycles. The Morgan fingerprint density at radius 2 is 2.05 bits per heavy atom. The first-order valence-electron chi connectivity index (χ1n) is 7.27. The lowest BCUT2D eigenvalue weighted by molar-refractivity contribution is -0.123. The summed E-state index contributed by atoms with van der Waals surface area (Å²) < 4.78 is 5.21. The van der Waals surface area contributed by atoms with Gasteiger partial charge in [-0.1, -0.05) is 6.07 Å². The molecule has 1 amide bonds. The second-order valence-electron chi connectivity index (χ2n) is 5.55. The quantitative estimate of drug-likeness (QED) is 0.919. The molecule has 0 spiro atoms. The zero-order chi connectivity index (χ0) is 14.5. The van der Waals surface area contributed by atoms with Crippen LogP contribution < -0.4 is 15.4 Å². The first-order valence-corrected chi connectivity index (χ1v) is 7.27. The Balaban J connectivity index is 2.01. The van der Waals surface area contributed by atoms with E-state index >= 15 is 0 Å². The molecule has 1 aromatic rings. The maximum Gasteiger partial charge on any atom is 0.229 e. The smallest absolute Gasteiger partial charge is 0.229 e. The molecule has 1 fully saturated rings.